The summed E-state index contributed by atoms with van der Waals surface area (Å²) < 4.78 is 0. The summed E-state index contributed by atoms with van der Waals surface area (Å²) >= 11 is 0. The molecule has 0 atom stereocenters. The lowest BCUT2D eigenvalue weighted by Gasteiger charge is -2.12. The van der Waals surface area contributed by atoms with Gasteiger partial charge in [0, 0.05) is 11.1 Å². The van der Waals surface area contributed by atoms with Crippen molar-refractivity contribution >= 4 is 17.6 Å². The summed E-state index contributed by atoms with van der Waals surface area (Å²) in [6.07, 6.45) is 1.77. The van der Waals surface area contributed by atoms with Crippen molar-refractivity contribution < 1.29 is 9.59 Å². The van der Waals surface area contributed by atoms with Crippen LogP contribution in [0.1, 0.15) is 48.5 Å². The average molecular weight is 290 g/mol. The van der Waals surface area contributed by atoms with Crippen molar-refractivity contribution in [1.82, 2.24) is 0 Å². The van der Waals surface area contributed by atoms with Crippen molar-refractivity contribution in [2.45, 2.75) is 27.7 Å². The van der Waals surface area contributed by atoms with E-state index in [1.165, 1.54) is 11.1 Å². The zero-order valence-electron chi connectivity index (χ0n) is 13.3. The van der Waals surface area contributed by atoms with Crippen LogP contribution in [0.4, 0.5) is 0 Å². The van der Waals surface area contributed by atoms with Crippen LogP contribution in [0, 0.1) is 27.7 Å². The summed E-state index contributed by atoms with van der Waals surface area (Å²) in [7, 11) is 0. The molecule has 110 valence electrons. The second kappa shape index (κ2) is 5.06. The van der Waals surface area contributed by atoms with Gasteiger partial charge in [-0.25, -0.2) is 0 Å². The van der Waals surface area contributed by atoms with Gasteiger partial charge >= 0.3 is 0 Å². The van der Waals surface area contributed by atoms with E-state index >= 15 is 0 Å². The quantitative estimate of drug-likeness (QED) is 0.577. The highest BCUT2D eigenvalue weighted by Crippen LogP contribution is 2.30. The van der Waals surface area contributed by atoms with E-state index in [0.29, 0.717) is 11.1 Å². The smallest absolute Gasteiger partial charge is 0.197 e. The number of benzene rings is 2. The first-order chi connectivity index (χ1) is 10.4. The summed E-state index contributed by atoms with van der Waals surface area (Å²) in [5.74, 6) is -0.336. The van der Waals surface area contributed by atoms with Crippen LogP contribution >= 0.6 is 0 Å². The van der Waals surface area contributed by atoms with Gasteiger partial charge in [0.1, 0.15) is 0 Å². The van der Waals surface area contributed by atoms with E-state index in [4.69, 9.17) is 0 Å². The fourth-order valence-corrected chi connectivity index (χ4v) is 3.01. The molecule has 0 aliphatic heterocycles. The van der Waals surface area contributed by atoms with Crippen LogP contribution in [-0.4, -0.2) is 11.6 Å². The van der Waals surface area contributed by atoms with Gasteiger partial charge in [-0.05, 0) is 61.6 Å². The third-order valence-electron chi connectivity index (χ3n) is 4.62. The highest BCUT2D eigenvalue weighted by atomic mass is 16.2. The Morgan fingerprint density at radius 2 is 1.23 bits per heavy atom. The lowest BCUT2D eigenvalue weighted by Crippen LogP contribution is -2.02. The van der Waals surface area contributed by atoms with Gasteiger partial charge in [-0.1, -0.05) is 30.3 Å². The summed E-state index contributed by atoms with van der Waals surface area (Å²) in [5, 5.41) is 0. The van der Waals surface area contributed by atoms with E-state index in [1.54, 1.807) is 30.3 Å². The number of allylic oxidation sites excluding steroid dienone is 1. The Balaban J connectivity index is 2.21. The van der Waals surface area contributed by atoms with Crippen molar-refractivity contribution in [1.29, 1.82) is 0 Å². The topological polar surface area (TPSA) is 34.1 Å². The highest BCUT2D eigenvalue weighted by Gasteiger charge is 2.32. The van der Waals surface area contributed by atoms with Crippen molar-refractivity contribution in [2.75, 3.05) is 0 Å². The van der Waals surface area contributed by atoms with Crippen molar-refractivity contribution in [3.8, 4) is 0 Å². The molecule has 1 aliphatic rings. The van der Waals surface area contributed by atoms with Crippen LogP contribution in [0.15, 0.2) is 35.9 Å². The molecule has 22 heavy (non-hydrogen) atoms. The molecular weight excluding hydrogens is 272 g/mol. The van der Waals surface area contributed by atoms with Gasteiger partial charge in [0.2, 0.25) is 0 Å². The molecule has 0 N–H and O–H groups in total. The Morgan fingerprint density at radius 3 is 1.68 bits per heavy atom. The summed E-state index contributed by atoms with van der Waals surface area (Å²) in [5.41, 5.74) is 6.87. The number of carbonyl (C=O) groups is 2. The third kappa shape index (κ3) is 2.03. The van der Waals surface area contributed by atoms with Crippen molar-refractivity contribution in [3.63, 3.8) is 0 Å². The highest BCUT2D eigenvalue weighted by molar-refractivity contribution is 6.41. The molecule has 0 heterocycles. The van der Waals surface area contributed by atoms with E-state index in [2.05, 4.69) is 19.9 Å². The minimum absolute atomic E-state index is 0.168. The van der Waals surface area contributed by atoms with Crippen molar-refractivity contribution in [3.05, 3.63) is 74.8 Å². The van der Waals surface area contributed by atoms with Gasteiger partial charge < -0.3 is 0 Å². The number of hydrogen-bond acceptors (Lipinski definition) is 2. The molecule has 3 rings (SSSR count). The van der Waals surface area contributed by atoms with E-state index in [0.717, 1.165) is 16.7 Å². The summed E-state index contributed by atoms with van der Waals surface area (Å²) in [6.45, 7) is 8.17. The number of rotatable bonds is 1. The predicted molar refractivity (Wildman–Crippen MR) is 88.5 cm³/mol. The average Bonchev–Trinajstić information content (AvgIpc) is 2.74. The monoisotopic (exact) mass is 290 g/mol. The van der Waals surface area contributed by atoms with Crippen LogP contribution in [0.5, 0.6) is 0 Å². The Kier molecular flexibility index (Phi) is 3.32. The van der Waals surface area contributed by atoms with E-state index < -0.39 is 0 Å². The van der Waals surface area contributed by atoms with Gasteiger partial charge in [-0.15, -0.1) is 0 Å². The lowest BCUT2D eigenvalue weighted by molar-refractivity contribution is 0.0990. The minimum atomic E-state index is -0.168. The molecule has 0 spiro atoms. The van der Waals surface area contributed by atoms with Crippen molar-refractivity contribution in [2.24, 2.45) is 0 Å². The first-order valence-corrected chi connectivity index (χ1v) is 7.39. The molecule has 2 nitrogen and oxygen atoms in total. The van der Waals surface area contributed by atoms with Crippen LogP contribution in [0.2, 0.25) is 0 Å². The SMILES string of the molecule is Cc1cc(C)c(C)c(C=C2C(=O)c3ccccc3C2=O)c1C. The molecule has 0 fully saturated rings. The van der Waals surface area contributed by atoms with Gasteiger partial charge in [0.15, 0.2) is 11.6 Å². The standard InChI is InChI=1S/C20H18O2/c1-11-9-12(2)14(4)17(13(11)3)10-18-19(21)15-7-5-6-8-16(15)20(18)22/h5-10H,1-4H3. The van der Waals surface area contributed by atoms with Gasteiger partial charge in [-0.3, -0.25) is 9.59 Å². The minimum Gasteiger partial charge on any atom is -0.288 e. The first-order valence-electron chi connectivity index (χ1n) is 7.39. The third-order valence-corrected chi connectivity index (χ3v) is 4.62. The second-order valence-corrected chi connectivity index (χ2v) is 5.94. The molecule has 2 heteroatoms. The summed E-state index contributed by atoms with van der Waals surface area (Å²) in [6, 6.07) is 9.16. The van der Waals surface area contributed by atoms with Gasteiger partial charge in [0.25, 0.3) is 0 Å². The van der Waals surface area contributed by atoms with Crippen LogP contribution in [0.25, 0.3) is 6.08 Å². The maximum absolute atomic E-state index is 12.5. The molecule has 2 aromatic carbocycles. The zero-order valence-corrected chi connectivity index (χ0v) is 13.3. The Labute approximate surface area is 130 Å². The molecule has 2 aromatic rings. The summed E-state index contributed by atoms with van der Waals surface area (Å²) in [4.78, 5) is 25.0. The molecule has 0 bridgehead atoms. The van der Waals surface area contributed by atoms with Gasteiger partial charge in [0.05, 0.1) is 5.57 Å². The van der Waals surface area contributed by atoms with Crippen LogP contribution < -0.4 is 0 Å². The molecular formula is C20H18O2. The fourth-order valence-electron chi connectivity index (χ4n) is 3.01. The van der Waals surface area contributed by atoms with Crippen LogP contribution in [-0.2, 0) is 0 Å². The molecule has 0 aromatic heterocycles. The van der Waals surface area contributed by atoms with E-state index in [-0.39, 0.29) is 17.1 Å². The molecule has 1 aliphatic carbocycles. The van der Waals surface area contributed by atoms with E-state index in [9.17, 15) is 9.59 Å². The normalized spacial score (nSPS) is 13.5. The number of ketones is 2. The number of aryl methyl sites for hydroxylation is 2. The maximum atomic E-state index is 12.5. The maximum Gasteiger partial charge on any atom is 0.197 e. The number of Topliss-reactive ketones (excluding diaryl/α,β-unsaturated/α-hetero) is 2. The predicted octanol–water partition coefficient (Wildman–Crippen LogP) is 4.38. The van der Waals surface area contributed by atoms with Gasteiger partial charge in [-0.2, -0.15) is 0 Å². The number of fused-ring (bicyclic) bond motifs is 1. The number of hydrogen-bond donors (Lipinski definition) is 0. The van der Waals surface area contributed by atoms with Crippen LogP contribution in [0.3, 0.4) is 0 Å². The Morgan fingerprint density at radius 1 is 0.773 bits per heavy atom. The molecule has 0 saturated carbocycles. The zero-order chi connectivity index (χ0) is 16.0. The number of carbonyl (C=O) groups excluding carboxylic acids is 2. The first kappa shape index (κ1) is 14.5. The Bertz CT molecular complexity index is 791. The Hall–Kier alpha value is -2.48. The fraction of sp³-hybridized carbons (Fsp3) is 0.200. The lowest BCUT2D eigenvalue weighted by atomic mass is 9.92. The second-order valence-electron chi connectivity index (χ2n) is 5.94. The largest absolute Gasteiger partial charge is 0.288 e. The molecule has 0 unspecified atom stereocenters. The molecule has 0 radical (unpaired) electrons. The molecule has 0 amide bonds. The van der Waals surface area contributed by atoms with E-state index in [1.807, 2.05) is 13.8 Å². The molecule has 0 saturated heterocycles.